The number of amides is 1. The summed E-state index contributed by atoms with van der Waals surface area (Å²) < 4.78 is 7.24. The maximum absolute atomic E-state index is 11.2. The van der Waals surface area contributed by atoms with E-state index in [9.17, 15) is 4.79 Å². The molecule has 2 heterocycles. The number of hydrogen-bond acceptors (Lipinski definition) is 5. The third-order valence-electron chi connectivity index (χ3n) is 4.09. The molecular formula is C20H17N5O2. The summed E-state index contributed by atoms with van der Waals surface area (Å²) in [5, 5.41) is 11.1. The van der Waals surface area contributed by atoms with Crippen molar-refractivity contribution < 1.29 is 9.32 Å². The molecule has 0 bridgehead atoms. The first-order chi connectivity index (χ1) is 13.1. The van der Waals surface area contributed by atoms with Crippen LogP contribution < -0.4 is 5.32 Å². The number of rotatable bonds is 4. The summed E-state index contributed by atoms with van der Waals surface area (Å²) >= 11 is 0. The van der Waals surface area contributed by atoms with Crippen LogP contribution in [-0.4, -0.2) is 25.8 Å². The van der Waals surface area contributed by atoms with E-state index in [-0.39, 0.29) is 5.91 Å². The first-order valence-electron chi connectivity index (χ1n) is 8.41. The smallest absolute Gasteiger partial charge is 0.258 e. The molecule has 0 saturated heterocycles. The van der Waals surface area contributed by atoms with Gasteiger partial charge in [0.15, 0.2) is 0 Å². The Kier molecular flexibility index (Phi) is 4.25. The van der Waals surface area contributed by atoms with E-state index in [1.54, 1.807) is 18.3 Å². The van der Waals surface area contributed by atoms with E-state index < -0.39 is 0 Å². The molecule has 0 unspecified atom stereocenters. The average molecular weight is 359 g/mol. The first-order valence-corrected chi connectivity index (χ1v) is 8.41. The Morgan fingerprint density at radius 2 is 1.81 bits per heavy atom. The van der Waals surface area contributed by atoms with Gasteiger partial charge in [-0.2, -0.15) is 10.1 Å². The van der Waals surface area contributed by atoms with Crippen LogP contribution in [0.2, 0.25) is 0 Å². The number of carbonyl (C=O) groups excluding carboxylic acids is 1. The standard InChI is InChI=1S/C20H17N5O2/c1-13(26)22-17-8-4-7-16(12-17)20-23-19(24-27-20)15-6-3-5-14(11-15)18-9-10-21-25(18)2/h3-12H,1-2H3,(H,22,26). The highest BCUT2D eigenvalue weighted by Crippen LogP contribution is 2.27. The summed E-state index contributed by atoms with van der Waals surface area (Å²) in [7, 11) is 1.90. The highest BCUT2D eigenvalue weighted by molar-refractivity contribution is 5.89. The van der Waals surface area contributed by atoms with Crippen molar-refractivity contribution in [2.24, 2.45) is 7.05 Å². The van der Waals surface area contributed by atoms with Crippen molar-refractivity contribution >= 4 is 11.6 Å². The van der Waals surface area contributed by atoms with Gasteiger partial charge in [-0.15, -0.1) is 0 Å². The van der Waals surface area contributed by atoms with Crippen LogP contribution in [0.25, 0.3) is 34.1 Å². The molecule has 0 atom stereocenters. The lowest BCUT2D eigenvalue weighted by molar-refractivity contribution is -0.114. The minimum atomic E-state index is -0.134. The van der Waals surface area contributed by atoms with Crippen molar-refractivity contribution in [3.8, 4) is 34.1 Å². The lowest BCUT2D eigenvalue weighted by Gasteiger charge is -2.03. The number of carbonyl (C=O) groups is 1. The Balaban J connectivity index is 1.66. The quantitative estimate of drug-likeness (QED) is 0.599. The second kappa shape index (κ2) is 6.87. The fourth-order valence-corrected chi connectivity index (χ4v) is 2.87. The minimum Gasteiger partial charge on any atom is -0.334 e. The maximum atomic E-state index is 11.2. The zero-order chi connectivity index (χ0) is 18.8. The van der Waals surface area contributed by atoms with Crippen LogP contribution in [0.3, 0.4) is 0 Å². The lowest BCUT2D eigenvalue weighted by Crippen LogP contribution is -2.05. The SMILES string of the molecule is CC(=O)Nc1cccc(-c2nc(-c3cccc(-c4ccnn4C)c3)no2)c1. The van der Waals surface area contributed by atoms with Crippen molar-refractivity contribution in [2.75, 3.05) is 5.32 Å². The number of nitrogens with zero attached hydrogens (tertiary/aromatic N) is 4. The monoisotopic (exact) mass is 359 g/mol. The zero-order valence-electron chi connectivity index (χ0n) is 14.9. The molecule has 0 aliphatic heterocycles. The number of nitrogens with one attached hydrogen (secondary N) is 1. The van der Waals surface area contributed by atoms with E-state index in [4.69, 9.17) is 4.52 Å². The fourth-order valence-electron chi connectivity index (χ4n) is 2.87. The molecule has 7 heteroatoms. The number of hydrogen-bond donors (Lipinski definition) is 1. The fraction of sp³-hybridized carbons (Fsp3) is 0.100. The molecule has 134 valence electrons. The molecule has 0 aliphatic carbocycles. The van der Waals surface area contributed by atoms with Gasteiger partial charge in [0.05, 0.1) is 5.69 Å². The van der Waals surface area contributed by atoms with Crippen molar-refractivity contribution in [3.63, 3.8) is 0 Å². The summed E-state index contributed by atoms with van der Waals surface area (Å²) in [6.07, 6.45) is 1.76. The van der Waals surface area contributed by atoms with Crippen molar-refractivity contribution in [1.82, 2.24) is 19.9 Å². The van der Waals surface area contributed by atoms with E-state index in [0.29, 0.717) is 17.4 Å². The lowest BCUT2D eigenvalue weighted by atomic mass is 10.1. The van der Waals surface area contributed by atoms with Crippen LogP contribution >= 0.6 is 0 Å². The highest BCUT2D eigenvalue weighted by atomic mass is 16.5. The van der Waals surface area contributed by atoms with Gasteiger partial charge in [-0.3, -0.25) is 9.48 Å². The molecule has 4 rings (SSSR count). The Bertz CT molecular complexity index is 1110. The van der Waals surface area contributed by atoms with E-state index in [2.05, 4.69) is 20.6 Å². The number of anilines is 1. The summed E-state index contributed by atoms with van der Waals surface area (Å²) in [6.45, 7) is 1.47. The molecular weight excluding hydrogens is 342 g/mol. The van der Waals surface area contributed by atoms with E-state index >= 15 is 0 Å². The molecule has 4 aromatic rings. The molecule has 7 nitrogen and oxygen atoms in total. The second-order valence-corrected chi connectivity index (χ2v) is 6.11. The first kappa shape index (κ1) is 16.7. The van der Waals surface area contributed by atoms with Crippen molar-refractivity contribution in [2.45, 2.75) is 6.92 Å². The molecule has 1 N–H and O–H groups in total. The topological polar surface area (TPSA) is 85.8 Å². The molecule has 0 saturated carbocycles. The van der Waals surface area contributed by atoms with Crippen molar-refractivity contribution in [3.05, 3.63) is 60.8 Å². The molecule has 0 spiro atoms. The van der Waals surface area contributed by atoms with E-state index in [0.717, 1.165) is 22.4 Å². The van der Waals surface area contributed by atoms with Crippen LogP contribution in [0.1, 0.15) is 6.92 Å². The summed E-state index contributed by atoms with van der Waals surface area (Å²) in [5.74, 6) is 0.757. The molecule has 0 fully saturated rings. The molecule has 2 aromatic carbocycles. The normalized spacial score (nSPS) is 10.7. The third-order valence-corrected chi connectivity index (χ3v) is 4.09. The molecule has 0 aliphatic rings. The second-order valence-electron chi connectivity index (χ2n) is 6.11. The van der Waals surface area contributed by atoms with Gasteiger partial charge in [0.1, 0.15) is 0 Å². The van der Waals surface area contributed by atoms with Crippen LogP contribution in [0.5, 0.6) is 0 Å². The van der Waals surface area contributed by atoms with Crippen LogP contribution in [0.15, 0.2) is 65.3 Å². The Hall–Kier alpha value is -3.74. The molecule has 0 radical (unpaired) electrons. The zero-order valence-corrected chi connectivity index (χ0v) is 14.9. The molecule has 27 heavy (non-hydrogen) atoms. The van der Waals surface area contributed by atoms with Crippen LogP contribution in [-0.2, 0) is 11.8 Å². The third kappa shape index (κ3) is 3.48. The number of benzene rings is 2. The maximum Gasteiger partial charge on any atom is 0.258 e. The van der Waals surface area contributed by atoms with Gasteiger partial charge in [-0.05, 0) is 30.3 Å². The number of aromatic nitrogens is 4. The Morgan fingerprint density at radius 1 is 1.04 bits per heavy atom. The minimum absolute atomic E-state index is 0.134. The van der Waals surface area contributed by atoms with E-state index in [1.807, 2.05) is 54.2 Å². The molecule has 2 aromatic heterocycles. The van der Waals surface area contributed by atoms with Crippen molar-refractivity contribution in [1.29, 1.82) is 0 Å². The number of aryl methyl sites for hydroxylation is 1. The Labute approximate surface area is 155 Å². The largest absolute Gasteiger partial charge is 0.334 e. The van der Waals surface area contributed by atoms with Gasteiger partial charge in [-0.25, -0.2) is 0 Å². The van der Waals surface area contributed by atoms with E-state index in [1.165, 1.54) is 6.92 Å². The summed E-state index contributed by atoms with van der Waals surface area (Å²) in [4.78, 5) is 15.7. The van der Waals surface area contributed by atoms with Gasteiger partial charge >= 0.3 is 0 Å². The predicted octanol–water partition coefficient (Wildman–Crippen LogP) is 3.76. The Morgan fingerprint density at radius 3 is 2.59 bits per heavy atom. The average Bonchev–Trinajstić information content (AvgIpc) is 3.31. The van der Waals surface area contributed by atoms with Gasteiger partial charge in [0.2, 0.25) is 11.7 Å². The van der Waals surface area contributed by atoms with Gasteiger partial charge in [-0.1, -0.05) is 29.4 Å². The summed E-state index contributed by atoms with van der Waals surface area (Å²) in [5.41, 5.74) is 4.29. The predicted molar refractivity (Wildman–Crippen MR) is 102 cm³/mol. The summed E-state index contributed by atoms with van der Waals surface area (Å²) in [6, 6.07) is 17.1. The highest BCUT2D eigenvalue weighted by Gasteiger charge is 2.13. The van der Waals surface area contributed by atoms with Gasteiger partial charge < -0.3 is 9.84 Å². The van der Waals surface area contributed by atoms with Gasteiger partial charge in [0.25, 0.3) is 5.89 Å². The van der Waals surface area contributed by atoms with Gasteiger partial charge in [0, 0.05) is 42.5 Å². The van der Waals surface area contributed by atoms with Crippen LogP contribution in [0.4, 0.5) is 5.69 Å². The molecule has 1 amide bonds. The van der Waals surface area contributed by atoms with Crippen LogP contribution in [0, 0.1) is 0 Å².